The quantitative estimate of drug-likeness (QED) is 0.806. The Bertz CT molecular complexity index is 746. The second-order valence-electron chi connectivity index (χ2n) is 5.85. The van der Waals surface area contributed by atoms with E-state index in [1.807, 2.05) is 0 Å². The van der Waals surface area contributed by atoms with Crippen molar-refractivity contribution in [3.05, 3.63) is 41.6 Å². The van der Waals surface area contributed by atoms with Crippen LogP contribution in [0, 0.1) is 0 Å². The molecule has 8 heteroatoms. The van der Waals surface area contributed by atoms with Crippen LogP contribution in [0.3, 0.4) is 0 Å². The monoisotopic (exact) mass is 330 g/mol. The van der Waals surface area contributed by atoms with Gasteiger partial charge in [0.05, 0.1) is 38.3 Å². The Morgan fingerprint density at radius 2 is 1.88 bits per heavy atom. The molecule has 0 atom stereocenters. The van der Waals surface area contributed by atoms with E-state index in [1.165, 1.54) is 6.26 Å². The van der Waals surface area contributed by atoms with Crippen molar-refractivity contribution < 1.29 is 18.7 Å². The maximum atomic E-state index is 12.5. The summed E-state index contributed by atoms with van der Waals surface area (Å²) in [6.07, 6.45) is 1.49. The van der Waals surface area contributed by atoms with E-state index in [0.717, 1.165) is 5.69 Å². The first-order valence-corrected chi connectivity index (χ1v) is 7.99. The van der Waals surface area contributed by atoms with E-state index in [2.05, 4.69) is 5.10 Å². The summed E-state index contributed by atoms with van der Waals surface area (Å²) in [5.74, 6) is 0.102. The molecule has 1 saturated heterocycles. The van der Waals surface area contributed by atoms with Gasteiger partial charge in [-0.05, 0) is 18.2 Å². The Kier molecular flexibility index (Phi) is 3.81. The fourth-order valence-corrected chi connectivity index (χ4v) is 3.03. The van der Waals surface area contributed by atoms with Crippen LogP contribution in [0.2, 0.25) is 0 Å². The second kappa shape index (κ2) is 6.12. The number of carbonyl (C=O) groups excluding carboxylic acids is 2. The molecule has 2 amide bonds. The lowest BCUT2D eigenvalue weighted by atomic mass is 10.2. The molecule has 0 aliphatic carbocycles. The van der Waals surface area contributed by atoms with Crippen LogP contribution in [0.15, 0.2) is 28.9 Å². The van der Waals surface area contributed by atoms with E-state index < -0.39 is 0 Å². The number of amides is 2. The molecule has 0 N–H and O–H groups in total. The zero-order valence-electron chi connectivity index (χ0n) is 13.2. The largest absolute Gasteiger partial charge is 0.459 e. The predicted molar refractivity (Wildman–Crippen MR) is 82.4 cm³/mol. The summed E-state index contributed by atoms with van der Waals surface area (Å²) >= 11 is 0. The standard InChI is InChI=1S/C16H18N4O4/c21-15(18-5-8-23-9-6-18)13-10-12-11-19(3-4-20(12)17-13)16(22)14-2-1-7-24-14/h1-2,7,10H,3-6,8-9,11H2. The predicted octanol–water partition coefficient (Wildman–Crippen LogP) is 0.605. The van der Waals surface area contributed by atoms with Crippen LogP contribution >= 0.6 is 0 Å². The van der Waals surface area contributed by atoms with Gasteiger partial charge in [0.15, 0.2) is 11.5 Å². The van der Waals surface area contributed by atoms with Crippen LogP contribution in [0.25, 0.3) is 0 Å². The highest BCUT2D eigenvalue weighted by atomic mass is 16.5. The van der Waals surface area contributed by atoms with Crippen molar-refractivity contribution in [3.63, 3.8) is 0 Å². The molecule has 0 unspecified atom stereocenters. The highest BCUT2D eigenvalue weighted by Gasteiger charge is 2.27. The number of hydrogen-bond donors (Lipinski definition) is 0. The molecule has 1 fully saturated rings. The van der Waals surface area contributed by atoms with Crippen LogP contribution in [-0.2, 0) is 17.8 Å². The van der Waals surface area contributed by atoms with Gasteiger partial charge in [-0.3, -0.25) is 14.3 Å². The van der Waals surface area contributed by atoms with Gasteiger partial charge in [0.1, 0.15) is 0 Å². The number of furan rings is 1. The van der Waals surface area contributed by atoms with Gasteiger partial charge in [0, 0.05) is 19.6 Å². The number of morpholine rings is 1. The van der Waals surface area contributed by atoms with E-state index >= 15 is 0 Å². The summed E-state index contributed by atoms with van der Waals surface area (Å²) < 4.78 is 12.2. The smallest absolute Gasteiger partial charge is 0.289 e. The normalized spacial score (nSPS) is 17.7. The van der Waals surface area contributed by atoms with Gasteiger partial charge in [0.25, 0.3) is 11.8 Å². The number of carbonyl (C=O) groups is 2. The van der Waals surface area contributed by atoms with Crippen molar-refractivity contribution in [2.45, 2.75) is 13.1 Å². The molecule has 2 aromatic heterocycles. The molecule has 0 spiro atoms. The van der Waals surface area contributed by atoms with Gasteiger partial charge in [-0.1, -0.05) is 0 Å². The average molecular weight is 330 g/mol. The van der Waals surface area contributed by atoms with Crippen LogP contribution in [0.4, 0.5) is 0 Å². The number of aromatic nitrogens is 2. The summed E-state index contributed by atoms with van der Waals surface area (Å²) in [7, 11) is 0. The van der Waals surface area contributed by atoms with Crippen molar-refractivity contribution in [2.24, 2.45) is 0 Å². The van der Waals surface area contributed by atoms with Gasteiger partial charge in [-0.25, -0.2) is 0 Å². The SMILES string of the molecule is O=C(c1cc2n(n1)CCN(C(=O)c1ccco1)C2)N1CCOCC1. The first-order chi connectivity index (χ1) is 11.7. The third-order valence-electron chi connectivity index (χ3n) is 4.33. The summed E-state index contributed by atoms with van der Waals surface area (Å²) in [5.41, 5.74) is 1.29. The second-order valence-corrected chi connectivity index (χ2v) is 5.85. The Hall–Kier alpha value is -2.61. The van der Waals surface area contributed by atoms with Crippen molar-refractivity contribution in [1.29, 1.82) is 0 Å². The van der Waals surface area contributed by atoms with Crippen molar-refractivity contribution in [3.8, 4) is 0 Å². The molecule has 0 radical (unpaired) electrons. The van der Waals surface area contributed by atoms with E-state index in [-0.39, 0.29) is 11.8 Å². The summed E-state index contributed by atoms with van der Waals surface area (Å²) in [6, 6.07) is 5.13. The van der Waals surface area contributed by atoms with E-state index in [4.69, 9.17) is 9.15 Å². The molecule has 4 rings (SSSR count). The zero-order valence-corrected chi connectivity index (χ0v) is 13.2. The first kappa shape index (κ1) is 14.9. The fraction of sp³-hybridized carbons (Fsp3) is 0.438. The van der Waals surface area contributed by atoms with Crippen molar-refractivity contribution >= 4 is 11.8 Å². The molecule has 126 valence electrons. The number of rotatable bonds is 2. The molecular formula is C16H18N4O4. The van der Waals surface area contributed by atoms with Gasteiger partial charge >= 0.3 is 0 Å². The van der Waals surface area contributed by atoms with E-state index in [1.54, 1.807) is 32.7 Å². The Morgan fingerprint density at radius 1 is 1.04 bits per heavy atom. The molecule has 2 aliphatic rings. The number of hydrogen-bond acceptors (Lipinski definition) is 5. The first-order valence-electron chi connectivity index (χ1n) is 7.99. The molecule has 2 aromatic rings. The van der Waals surface area contributed by atoms with Crippen LogP contribution in [0.5, 0.6) is 0 Å². The molecule has 0 bridgehead atoms. The Balaban J connectivity index is 1.49. The minimum atomic E-state index is -0.145. The minimum absolute atomic E-state index is 0.0795. The minimum Gasteiger partial charge on any atom is -0.459 e. The lowest BCUT2D eigenvalue weighted by molar-refractivity contribution is 0.0298. The fourth-order valence-electron chi connectivity index (χ4n) is 3.03. The van der Waals surface area contributed by atoms with Gasteiger partial charge < -0.3 is 19.0 Å². The molecule has 0 saturated carbocycles. The zero-order chi connectivity index (χ0) is 16.5. The molecule has 4 heterocycles. The molecule has 8 nitrogen and oxygen atoms in total. The maximum Gasteiger partial charge on any atom is 0.289 e. The van der Waals surface area contributed by atoms with Crippen LogP contribution in [-0.4, -0.2) is 64.2 Å². The highest BCUT2D eigenvalue weighted by molar-refractivity contribution is 5.93. The topological polar surface area (TPSA) is 80.8 Å². The molecular weight excluding hydrogens is 312 g/mol. The number of fused-ring (bicyclic) bond motifs is 1. The number of nitrogens with zero attached hydrogens (tertiary/aromatic N) is 4. The van der Waals surface area contributed by atoms with Crippen molar-refractivity contribution in [2.75, 3.05) is 32.8 Å². The van der Waals surface area contributed by atoms with Gasteiger partial charge in [0.2, 0.25) is 0 Å². The third-order valence-corrected chi connectivity index (χ3v) is 4.33. The Labute approximate surface area is 138 Å². The highest BCUT2D eigenvalue weighted by Crippen LogP contribution is 2.18. The average Bonchev–Trinajstić information content (AvgIpc) is 3.30. The van der Waals surface area contributed by atoms with Gasteiger partial charge in [-0.15, -0.1) is 0 Å². The van der Waals surface area contributed by atoms with Gasteiger partial charge in [-0.2, -0.15) is 5.10 Å². The number of ether oxygens (including phenoxy) is 1. The lowest BCUT2D eigenvalue weighted by Crippen LogP contribution is -2.41. The maximum absolute atomic E-state index is 12.5. The molecule has 2 aliphatic heterocycles. The molecule has 0 aromatic carbocycles. The van der Waals surface area contributed by atoms with Crippen molar-refractivity contribution in [1.82, 2.24) is 19.6 Å². The van der Waals surface area contributed by atoms with Crippen LogP contribution in [0.1, 0.15) is 26.7 Å². The molecule has 24 heavy (non-hydrogen) atoms. The summed E-state index contributed by atoms with van der Waals surface area (Å²) in [6.45, 7) is 3.82. The lowest BCUT2D eigenvalue weighted by Gasteiger charge is -2.26. The summed E-state index contributed by atoms with van der Waals surface area (Å²) in [4.78, 5) is 28.4. The van der Waals surface area contributed by atoms with Crippen LogP contribution < -0.4 is 0 Å². The third kappa shape index (κ3) is 2.69. The van der Waals surface area contributed by atoms with E-state index in [0.29, 0.717) is 57.4 Å². The summed E-state index contributed by atoms with van der Waals surface area (Å²) in [5, 5.41) is 4.41. The van der Waals surface area contributed by atoms with E-state index in [9.17, 15) is 9.59 Å². The Morgan fingerprint density at radius 3 is 2.62 bits per heavy atom.